The van der Waals surface area contributed by atoms with Crippen LogP contribution >= 0.6 is 0 Å². The number of nitrogens with one attached hydrogen (secondary N) is 2. The second kappa shape index (κ2) is 26.3. The Balaban J connectivity index is 0.000000143. The quantitative estimate of drug-likeness (QED) is 0.0589. The van der Waals surface area contributed by atoms with Gasteiger partial charge in [0.05, 0.1) is 70.5 Å². The van der Waals surface area contributed by atoms with Gasteiger partial charge in [0.1, 0.15) is 23.0 Å². The predicted octanol–water partition coefficient (Wildman–Crippen LogP) is 11.1. The number of rotatable bonds is 14. The summed E-state index contributed by atoms with van der Waals surface area (Å²) in [6.07, 6.45) is 15.8. The van der Waals surface area contributed by atoms with Crippen molar-refractivity contribution in [1.82, 2.24) is 54.4 Å². The summed E-state index contributed by atoms with van der Waals surface area (Å²) in [5, 5.41) is 18.3. The molecule has 17 nitrogen and oxygen atoms in total. The first-order valence-electron chi connectivity index (χ1n) is 27.4. The maximum absolute atomic E-state index is 13.7. The Labute approximate surface area is 492 Å². The van der Waals surface area contributed by atoms with Crippen LogP contribution in [0.1, 0.15) is 54.2 Å². The summed E-state index contributed by atoms with van der Waals surface area (Å²) < 4.78 is 50.9. The van der Waals surface area contributed by atoms with Crippen LogP contribution in [-0.4, -0.2) is 94.9 Å². The molecule has 0 radical (unpaired) electrons. The lowest BCUT2D eigenvalue weighted by Gasteiger charge is -2.11. The predicted molar refractivity (Wildman–Crippen MR) is 324 cm³/mol. The highest BCUT2D eigenvalue weighted by atomic mass is 19.1. The van der Waals surface area contributed by atoms with Crippen molar-refractivity contribution in [2.24, 2.45) is 11.5 Å². The molecule has 12 aromatic rings. The Morgan fingerprint density at radius 1 is 0.465 bits per heavy atom. The second-order valence-electron chi connectivity index (χ2n) is 19.9. The smallest absolute Gasteiger partial charge is 0.341 e. The number of methoxy groups -OCH3 is 1. The zero-order valence-corrected chi connectivity index (χ0v) is 47.3. The van der Waals surface area contributed by atoms with E-state index in [9.17, 15) is 27.6 Å². The van der Waals surface area contributed by atoms with E-state index in [1.807, 2.05) is 79.0 Å². The summed E-state index contributed by atoms with van der Waals surface area (Å²) in [4.78, 5) is 50.5. The Morgan fingerprint density at radius 2 is 0.826 bits per heavy atom. The lowest BCUT2D eigenvalue weighted by molar-refractivity contribution is 0.0602. The molecule has 9 aromatic heterocycles. The summed E-state index contributed by atoms with van der Waals surface area (Å²) in [5.74, 6) is -1.59. The first-order chi connectivity index (χ1) is 41.7. The maximum atomic E-state index is 13.7. The van der Waals surface area contributed by atoms with E-state index in [-0.39, 0.29) is 29.3 Å². The number of carbonyl (C=O) groups is 3. The van der Waals surface area contributed by atoms with Crippen molar-refractivity contribution in [3.8, 4) is 67.2 Å². The van der Waals surface area contributed by atoms with Gasteiger partial charge in [-0.1, -0.05) is 18.2 Å². The molecule has 20 heteroatoms. The minimum atomic E-state index is -0.442. The third-order valence-corrected chi connectivity index (χ3v) is 14.2. The van der Waals surface area contributed by atoms with E-state index in [0.29, 0.717) is 82.5 Å². The molecule has 0 spiro atoms. The summed E-state index contributed by atoms with van der Waals surface area (Å²) in [6, 6.07) is 37.7. The third-order valence-electron chi connectivity index (χ3n) is 14.2. The van der Waals surface area contributed by atoms with Crippen LogP contribution in [0.25, 0.3) is 83.7 Å². The highest BCUT2D eigenvalue weighted by Crippen LogP contribution is 2.35. The molecule has 0 saturated heterocycles. The van der Waals surface area contributed by atoms with Gasteiger partial charge < -0.3 is 26.8 Å². The molecule has 2 amide bonds. The van der Waals surface area contributed by atoms with Gasteiger partial charge in [0.25, 0.3) is 11.8 Å². The molecule has 432 valence electrons. The van der Waals surface area contributed by atoms with E-state index in [2.05, 4.69) is 40.9 Å². The molecule has 6 N–H and O–H groups in total. The number of nitrogens with zero attached hydrogens (tertiary/aromatic N) is 9. The fourth-order valence-corrected chi connectivity index (χ4v) is 9.72. The normalized spacial score (nSPS) is 11.0. The van der Waals surface area contributed by atoms with Gasteiger partial charge in [0.2, 0.25) is 0 Å². The Kier molecular flexibility index (Phi) is 17.9. The lowest BCUT2D eigenvalue weighted by atomic mass is 9.98. The van der Waals surface area contributed by atoms with Crippen LogP contribution in [0.2, 0.25) is 0 Å². The number of aryl methyl sites for hydroxylation is 3. The van der Waals surface area contributed by atoms with Crippen molar-refractivity contribution >= 4 is 34.3 Å². The van der Waals surface area contributed by atoms with E-state index in [1.54, 1.807) is 114 Å². The Hall–Kier alpha value is -10.7. The van der Waals surface area contributed by atoms with Crippen molar-refractivity contribution in [3.05, 3.63) is 234 Å². The molecule has 0 aliphatic carbocycles. The van der Waals surface area contributed by atoms with Gasteiger partial charge in [0.15, 0.2) is 0 Å². The van der Waals surface area contributed by atoms with Gasteiger partial charge in [-0.15, -0.1) is 0 Å². The number of aromatic nitrogens is 9. The van der Waals surface area contributed by atoms with Crippen LogP contribution in [0.5, 0.6) is 0 Å². The van der Waals surface area contributed by atoms with Crippen LogP contribution in [0.15, 0.2) is 183 Å². The molecule has 3 aromatic carbocycles. The first kappa shape index (κ1) is 58.5. The van der Waals surface area contributed by atoms with E-state index >= 15 is 0 Å². The molecule has 12 rings (SSSR count). The molecule has 0 aliphatic rings. The van der Waals surface area contributed by atoms with Crippen LogP contribution in [-0.2, 0) is 4.74 Å². The molecule has 9 heterocycles. The number of halogens is 3. The van der Waals surface area contributed by atoms with Crippen molar-refractivity contribution in [1.29, 1.82) is 0 Å². The van der Waals surface area contributed by atoms with Gasteiger partial charge in [-0.3, -0.25) is 24.5 Å². The number of fused-ring (bicyclic) bond motifs is 3. The van der Waals surface area contributed by atoms with Crippen LogP contribution < -0.4 is 22.1 Å². The number of hydrogen-bond acceptors (Lipinski definition) is 12. The number of benzene rings is 3. The van der Waals surface area contributed by atoms with E-state index in [4.69, 9.17) is 16.2 Å². The van der Waals surface area contributed by atoms with Crippen LogP contribution in [0.3, 0.4) is 0 Å². The molecule has 86 heavy (non-hydrogen) atoms. The van der Waals surface area contributed by atoms with Crippen LogP contribution in [0.4, 0.5) is 13.2 Å². The average molecular weight is 1150 g/mol. The minimum Gasteiger partial charge on any atom is -0.465 e. The molecule has 0 atom stereocenters. The number of esters is 1. The monoisotopic (exact) mass is 1150 g/mol. The van der Waals surface area contributed by atoms with Crippen molar-refractivity contribution in [3.63, 3.8) is 0 Å². The zero-order chi connectivity index (χ0) is 60.4. The standard InChI is InChI=1S/C23H22FN5O.C22H20FN5O.C21H16FN3O2/c1-15-12-17(5-6-20(15)24)22-18(4-2-9-26-22)16-7-11-29-21(13-16)19(14-28-29)23(30)27-10-3-8-25;1-14-11-16(4-5-19(14)23)21-17(3-2-8-25-21)15-6-10-28-20(12-15)18(13-27-28)22(29)26-9-7-24;1-13-10-15(5-6-18(13)22)20-16(4-3-8-23-20)14-7-9-25-19(11-14)17(12-24-25)21(26)27-2/h2,4-7,9,11-14H,3,8,10,25H2,1H3,(H,27,30);2-6,8,10-13H,7,9,24H2,1H3,(H,26,29);3-12H,1-2H3. The number of nitrogens with two attached hydrogens (primary N) is 2. The average Bonchev–Trinajstić information content (AvgIpc) is 3.56. The van der Waals surface area contributed by atoms with E-state index in [0.717, 1.165) is 67.2 Å². The highest BCUT2D eigenvalue weighted by molar-refractivity contribution is 6.02. The summed E-state index contributed by atoms with van der Waals surface area (Å²) in [5.41, 5.74) is 26.0. The van der Waals surface area contributed by atoms with Crippen molar-refractivity contribution < 1.29 is 32.3 Å². The third kappa shape index (κ3) is 12.6. The summed E-state index contributed by atoms with van der Waals surface area (Å²) in [7, 11) is 1.34. The fraction of sp³-hybridized carbons (Fsp3) is 0.136. The molecule has 0 saturated carbocycles. The zero-order valence-electron chi connectivity index (χ0n) is 47.3. The summed E-state index contributed by atoms with van der Waals surface area (Å²) >= 11 is 0. The second-order valence-corrected chi connectivity index (χ2v) is 19.9. The number of hydrogen-bond donors (Lipinski definition) is 4. The van der Waals surface area contributed by atoms with Gasteiger partial charge in [-0.05, 0) is 176 Å². The molecular formula is C66H58F3N13O4. The lowest BCUT2D eigenvalue weighted by Crippen LogP contribution is -2.28. The van der Waals surface area contributed by atoms with Crippen molar-refractivity contribution in [2.45, 2.75) is 27.2 Å². The molecule has 0 unspecified atom stereocenters. The minimum absolute atomic E-state index is 0.184. The maximum Gasteiger partial charge on any atom is 0.341 e. The first-order valence-corrected chi connectivity index (χ1v) is 27.4. The molecule has 0 bridgehead atoms. The van der Waals surface area contributed by atoms with E-state index in [1.165, 1.54) is 31.5 Å². The number of amides is 2. The topological polar surface area (TPSA) is 227 Å². The van der Waals surface area contributed by atoms with E-state index < -0.39 is 5.97 Å². The molecule has 0 aliphatic heterocycles. The highest BCUT2D eigenvalue weighted by Gasteiger charge is 2.20. The fourth-order valence-electron chi connectivity index (χ4n) is 9.72. The number of ether oxygens (including phenoxy) is 1. The van der Waals surface area contributed by atoms with Gasteiger partial charge in [0, 0.05) is 90.2 Å². The molecule has 0 fully saturated rings. The largest absolute Gasteiger partial charge is 0.465 e. The summed E-state index contributed by atoms with van der Waals surface area (Å²) in [6.45, 7) is 6.98. The Morgan fingerprint density at radius 3 is 1.17 bits per heavy atom. The van der Waals surface area contributed by atoms with Gasteiger partial charge >= 0.3 is 5.97 Å². The number of pyridine rings is 6. The number of carbonyl (C=O) groups excluding carboxylic acids is 3. The Bertz CT molecular complexity index is 4480. The van der Waals surface area contributed by atoms with Gasteiger partial charge in [-0.25, -0.2) is 31.5 Å². The van der Waals surface area contributed by atoms with Crippen LogP contribution in [0, 0.1) is 38.2 Å². The molecular weight excluding hydrogens is 1100 g/mol. The SMILES string of the molecule is COC(=O)c1cnn2ccc(-c3cccnc3-c3ccc(F)c(C)c3)cc12.Cc1cc(-c2ncccc2-c2ccn3ncc(C(=O)NCCCN)c3c2)ccc1F.Cc1cc(-c2ncccc2-c2ccn3ncc(C(=O)NCCN)c3c2)ccc1F. The van der Waals surface area contributed by atoms with Crippen molar-refractivity contribution in [2.75, 3.05) is 33.3 Å². The van der Waals surface area contributed by atoms with Gasteiger partial charge in [-0.2, -0.15) is 15.3 Å².